The number of fused-ring (bicyclic) bond motifs is 4. The van der Waals surface area contributed by atoms with Crippen molar-refractivity contribution in [3.05, 3.63) is 71.8 Å². The number of unbranched alkanes of at least 4 members (excludes halogenated alkanes) is 1. The maximum Gasteiger partial charge on any atom is 0.0784 e. The third kappa shape index (κ3) is 4.84. The van der Waals surface area contributed by atoms with Crippen LogP contribution in [0.1, 0.15) is 48.7 Å². The van der Waals surface area contributed by atoms with Crippen LogP contribution in [0.3, 0.4) is 0 Å². The summed E-state index contributed by atoms with van der Waals surface area (Å²) in [5.74, 6) is 0. The minimum Gasteiger partial charge on any atom is -0.760 e. The number of H-pyrrole nitrogens is 1. The van der Waals surface area contributed by atoms with Crippen LogP contribution in [-0.4, -0.2) is 41.7 Å². The average Bonchev–Trinajstić information content (AvgIpc) is 3.22. The third-order valence-corrected chi connectivity index (χ3v) is 7.00. The van der Waals surface area contributed by atoms with Gasteiger partial charge in [0.1, 0.15) is 0 Å². The Balaban J connectivity index is 1.44. The Bertz CT molecular complexity index is 1270. The lowest BCUT2D eigenvalue weighted by Crippen LogP contribution is -2.33. The molecule has 3 aromatic heterocycles. The summed E-state index contributed by atoms with van der Waals surface area (Å²) in [7, 11) is 0. The lowest BCUT2D eigenvalue weighted by Gasteiger charge is -2.35. The maximum atomic E-state index is 10.8. The fraction of sp³-hybridized carbons (Fsp3) is 0.360. The van der Waals surface area contributed by atoms with E-state index < -0.39 is 11.3 Å². The van der Waals surface area contributed by atoms with Gasteiger partial charge >= 0.3 is 0 Å². The summed E-state index contributed by atoms with van der Waals surface area (Å²) >= 11 is -2.21. The van der Waals surface area contributed by atoms with E-state index >= 15 is 0 Å². The van der Waals surface area contributed by atoms with E-state index in [4.69, 9.17) is 9.97 Å². The quantitative estimate of drug-likeness (QED) is 0.288. The Hall–Kier alpha value is -2.65. The molecular formula is C25H28N5O2S-. The molecule has 0 amide bonds. The van der Waals surface area contributed by atoms with Gasteiger partial charge < -0.3 is 9.54 Å². The monoisotopic (exact) mass is 462 g/mol. The molecule has 0 bridgehead atoms. The average molecular weight is 463 g/mol. The second-order valence-electron chi connectivity index (χ2n) is 8.61. The normalized spacial score (nSPS) is 17.0. The van der Waals surface area contributed by atoms with E-state index in [1.54, 1.807) is 0 Å². The van der Waals surface area contributed by atoms with Crippen LogP contribution >= 0.6 is 0 Å². The van der Waals surface area contributed by atoms with Gasteiger partial charge in [-0.1, -0.05) is 24.3 Å². The number of nitrogens with zero attached hydrogens (tertiary/aromatic N) is 3. The number of aromatic nitrogens is 3. The van der Waals surface area contributed by atoms with Crippen molar-refractivity contribution in [1.29, 1.82) is 0 Å². The predicted molar refractivity (Wildman–Crippen MR) is 130 cm³/mol. The zero-order valence-corrected chi connectivity index (χ0v) is 19.3. The first-order valence-corrected chi connectivity index (χ1v) is 12.6. The van der Waals surface area contributed by atoms with Crippen molar-refractivity contribution in [2.75, 3.05) is 13.1 Å². The fourth-order valence-electron chi connectivity index (χ4n) is 5.02. The van der Waals surface area contributed by atoms with Gasteiger partial charge in [-0.15, -0.1) is 0 Å². The minimum atomic E-state index is -2.21. The van der Waals surface area contributed by atoms with Gasteiger partial charge in [-0.25, -0.2) is 4.72 Å². The Morgan fingerprint density at radius 2 is 2.00 bits per heavy atom. The van der Waals surface area contributed by atoms with Gasteiger partial charge in [-0.2, -0.15) is 0 Å². The van der Waals surface area contributed by atoms with Crippen molar-refractivity contribution < 1.29 is 8.76 Å². The van der Waals surface area contributed by atoms with Crippen molar-refractivity contribution in [1.82, 2.24) is 24.6 Å². The number of hydrogen-bond donors (Lipinski definition) is 2. The maximum absolute atomic E-state index is 10.8. The van der Waals surface area contributed by atoms with E-state index in [1.165, 1.54) is 22.0 Å². The molecule has 5 rings (SSSR count). The molecule has 0 radical (unpaired) electrons. The Morgan fingerprint density at radius 3 is 2.91 bits per heavy atom. The number of aryl methyl sites for hydroxylation is 1. The smallest absolute Gasteiger partial charge is 0.0784 e. The summed E-state index contributed by atoms with van der Waals surface area (Å²) < 4.78 is 24.0. The lowest BCUT2D eigenvalue weighted by atomic mass is 9.90. The summed E-state index contributed by atoms with van der Waals surface area (Å²) in [5.41, 5.74) is 5.75. The van der Waals surface area contributed by atoms with Crippen LogP contribution in [0.5, 0.6) is 0 Å². The molecule has 1 aliphatic carbocycles. The highest BCUT2D eigenvalue weighted by molar-refractivity contribution is 7.77. The van der Waals surface area contributed by atoms with Crippen molar-refractivity contribution in [2.24, 2.45) is 0 Å². The number of aromatic amines is 1. The highest BCUT2D eigenvalue weighted by Crippen LogP contribution is 2.35. The van der Waals surface area contributed by atoms with Gasteiger partial charge in [0.25, 0.3) is 0 Å². The van der Waals surface area contributed by atoms with Gasteiger partial charge in [0, 0.05) is 53.0 Å². The van der Waals surface area contributed by atoms with E-state index in [9.17, 15) is 8.76 Å². The molecule has 3 heterocycles. The number of nitrogens with one attached hydrogen (secondary N) is 2. The molecule has 0 saturated heterocycles. The number of para-hydroxylation sites is 1. The molecule has 4 aromatic rings. The van der Waals surface area contributed by atoms with Gasteiger partial charge in [0.05, 0.1) is 22.9 Å². The van der Waals surface area contributed by atoms with E-state index in [1.807, 2.05) is 24.5 Å². The molecule has 8 heteroatoms. The lowest BCUT2D eigenvalue weighted by molar-refractivity contribution is 0.161. The van der Waals surface area contributed by atoms with Gasteiger partial charge in [-0.3, -0.25) is 19.1 Å². The zero-order chi connectivity index (χ0) is 22.6. The third-order valence-electron chi connectivity index (χ3n) is 6.56. The first-order valence-electron chi connectivity index (χ1n) is 11.6. The molecule has 1 aliphatic rings. The Labute approximate surface area is 196 Å². The topological polar surface area (TPSA) is 97.0 Å². The number of benzene rings is 1. The largest absolute Gasteiger partial charge is 0.760 e. The van der Waals surface area contributed by atoms with Crippen LogP contribution in [0.4, 0.5) is 0 Å². The minimum absolute atomic E-state index is 0.234. The van der Waals surface area contributed by atoms with Gasteiger partial charge in [-0.05, 0) is 62.4 Å². The van der Waals surface area contributed by atoms with Crippen molar-refractivity contribution in [2.45, 2.75) is 44.7 Å². The number of hydrogen-bond acceptors (Lipinski definition) is 5. The Morgan fingerprint density at radius 1 is 1.09 bits per heavy atom. The summed E-state index contributed by atoms with van der Waals surface area (Å²) in [5, 5.41) is 2.41. The van der Waals surface area contributed by atoms with Crippen LogP contribution in [0.25, 0.3) is 21.8 Å². The fourth-order valence-corrected chi connectivity index (χ4v) is 5.33. The molecule has 0 saturated carbocycles. The van der Waals surface area contributed by atoms with E-state index in [2.05, 4.69) is 44.9 Å². The molecule has 33 heavy (non-hydrogen) atoms. The van der Waals surface area contributed by atoms with Crippen molar-refractivity contribution >= 4 is 33.1 Å². The summed E-state index contributed by atoms with van der Waals surface area (Å²) in [6.07, 6.45) is 8.75. The van der Waals surface area contributed by atoms with Crippen molar-refractivity contribution in [3.63, 3.8) is 0 Å². The summed E-state index contributed by atoms with van der Waals surface area (Å²) in [4.78, 5) is 15.6. The number of rotatable bonds is 9. The molecule has 0 spiro atoms. The van der Waals surface area contributed by atoms with Crippen LogP contribution in [0, 0.1) is 0 Å². The summed E-state index contributed by atoms with van der Waals surface area (Å²) in [6.45, 7) is 2.03. The molecule has 7 nitrogen and oxygen atoms in total. The Kier molecular flexibility index (Phi) is 6.78. The second-order valence-corrected chi connectivity index (χ2v) is 9.37. The SMILES string of the molecule is O=S([O-])NCCCCN(Cc1nccc2c1[nH]c1ccccc12)[C@H]1CCCc2cccnc21. The molecule has 0 fully saturated rings. The molecule has 2 atom stereocenters. The molecule has 0 aliphatic heterocycles. The second kappa shape index (κ2) is 10.1. The van der Waals surface area contributed by atoms with Crippen LogP contribution in [0.2, 0.25) is 0 Å². The molecular weight excluding hydrogens is 434 g/mol. The first kappa shape index (κ1) is 22.2. The molecule has 172 valence electrons. The highest BCUT2D eigenvalue weighted by atomic mass is 32.2. The molecule has 1 unspecified atom stereocenters. The molecule has 2 N–H and O–H groups in total. The van der Waals surface area contributed by atoms with Crippen LogP contribution in [-0.2, 0) is 24.2 Å². The predicted octanol–water partition coefficient (Wildman–Crippen LogP) is 4.15. The van der Waals surface area contributed by atoms with Gasteiger partial charge in [0.2, 0.25) is 0 Å². The highest BCUT2D eigenvalue weighted by Gasteiger charge is 2.28. The van der Waals surface area contributed by atoms with E-state index in [0.717, 1.165) is 55.4 Å². The number of pyridine rings is 2. The zero-order valence-electron chi connectivity index (χ0n) is 18.5. The van der Waals surface area contributed by atoms with E-state index in [0.29, 0.717) is 13.1 Å². The standard InChI is InChI=1S/C25H29N5O2S/c31-33(32)28-14-3-4-16-30(23-11-5-7-18-8-6-13-27-24(18)23)17-22-25-20(12-15-26-22)19-9-1-2-10-21(19)29-25/h1-2,6,8-10,12-13,15,23,28-29H,3-5,7,11,14,16-17H2,(H,31,32)/p-1/t23-/m0/s1. The first-order chi connectivity index (χ1) is 16.2. The summed E-state index contributed by atoms with van der Waals surface area (Å²) in [6, 6.07) is 14.9. The van der Waals surface area contributed by atoms with Crippen molar-refractivity contribution in [3.8, 4) is 0 Å². The van der Waals surface area contributed by atoms with Crippen LogP contribution in [0.15, 0.2) is 54.9 Å². The molecule has 1 aromatic carbocycles. The van der Waals surface area contributed by atoms with E-state index in [-0.39, 0.29) is 6.04 Å². The van der Waals surface area contributed by atoms with Crippen LogP contribution < -0.4 is 4.72 Å². The van der Waals surface area contributed by atoms with Gasteiger partial charge in [0.15, 0.2) is 0 Å².